The van der Waals surface area contributed by atoms with Crippen molar-refractivity contribution in [2.24, 2.45) is 0 Å². The van der Waals surface area contributed by atoms with Gasteiger partial charge in [0.25, 0.3) is 5.89 Å². The van der Waals surface area contributed by atoms with E-state index in [1.54, 1.807) is 132 Å². The van der Waals surface area contributed by atoms with Gasteiger partial charge in [0.15, 0.2) is 28.7 Å². The van der Waals surface area contributed by atoms with Crippen molar-refractivity contribution in [3.63, 3.8) is 0 Å². The lowest BCUT2D eigenvalue weighted by molar-refractivity contribution is 0.543. The zero-order chi connectivity index (χ0) is 66.0. The molecule has 0 spiro atoms. The molecule has 0 saturated heterocycles. The molecule has 11 aromatic rings. The van der Waals surface area contributed by atoms with Crippen molar-refractivity contribution in [1.82, 2.24) is 69.8 Å². The van der Waals surface area contributed by atoms with E-state index in [2.05, 4.69) is 176 Å². The SMILES string of the molecule is C1=C(c2ncncn2)CCc2ncoc21.CC#Cc1ccccc1.CC#Cc1ccco1.CC#Cc1cccs1.CC#Cc1ccncc1.CC#Cc1cnccn1.CC#Cc1ncccn1.CC#Cc1ncco1.CC#Cc1nccs1.CC#Cc1ncncn1. The zero-order valence-electron chi connectivity index (χ0n) is 52.1. The molecule has 0 radical (unpaired) electrons. The Bertz CT molecular complexity index is 3830. The predicted octanol–water partition coefficient (Wildman–Crippen LogP) is 13.1. The average Bonchev–Trinajstić information content (AvgIpc) is 2.86. The van der Waals surface area contributed by atoms with Crippen LogP contribution in [0.4, 0.5) is 0 Å². The Hall–Kier alpha value is -12.6. The van der Waals surface area contributed by atoms with E-state index < -0.39 is 0 Å². The van der Waals surface area contributed by atoms with Crippen molar-refractivity contribution >= 4 is 34.3 Å². The molecule has 17 nitrogen and oxygen atoms in total. The normalized spacial score (nSPS) is 8.77. The van der Waals surface area contributed by atoms with Gasteiger partial charge in [0.1, 0.15) is 37.3 Å². The minimum Gasteiger partial charge on any atom is -0.456 e. The standard InChI is InChI=1S/C10H8N4O.C9H8.C8H7N.2C7H6N2.C7H6O.C7H6S.C6H5N3.C6H5NO.C6H5NS/c1-2-8-9(15-6-14-8)3-7(1)10-12-4-11-5-13-10;1-2-6-9-7-4-3-5-8-9;1-2-3-8-4-6-9-7-5-8;1-2-4-7-8-5-3-6-9-7;1-2-3-7-6-8-4-5-9-7;2*1-2-4-7-5-3-6-8-7;1-2-3-6-8-4-7-5-9-6;2*1-2-3-6-7-4-5-8-6/h3-6H,1-2H2;3-5,7-8H,1H3;4-7H,1H3;3,5-6H,1H3;4-6H,1H3;2*3,5-6H,1H3;4-5H,1H3;2*4-5H,1H3. The van der Waals surface area contributed by atoms with Gasteiger partial charge in [-0.25, -0.2) is 59.8 Å². The second kappa shape index (κ2) is 50.5. The summed E-state index contributed by atoms with van der Waals surface area (Å²) in [7, 11) is 0. The molecule has 0 aliphatic heterocycles. The summed E-state index contributed by atoms with van der Waals surface area (Å²) >= 11 is 3.24. The maximum atomic E-state index is 5.25. The fourth-order valence-corrected chi connectivity index (χ4v) is 7.16. The van der Waals surface area contributed by atoms with Crippen LogP contribution in [0, 0.1) is 107 Å². The summed E-state index contributed by atoms with van der Waals surface area (Å²) in [5.74, 6) is 53.9. The Kier molecular flexibility index (Phi) is 40.4. The quantitative estimate of drug-likeness (QED) is 0.139. The monoisotopic (exact) mass is 1250 g/mol. The number of rotatable bonds is 1. The highest BCUT2D eigenvalue weighted by Gasteiger charge is 2.16. The molecule has 0 N–H and O–H groups in total. The number of benzene rings is 1. The Labute approximate surface area is 546 Å². The molecule has 92 heavy (non-hydrogen) atoms. The number of fused-ring (bicyclic) bond motifs is 1. The smallest absolute Gasteiger partial charge is 0.273 e. The van der Waals surface area contributed by atoms with Crippen LogP contribution in [0.15, 0.2) is 197 Å². The van der Waals surface area contributed by atoms with Crippen LogP contribution >= 0.6 is 22.7 Å². The van der Waals surface area contributed by atoms with Crippen LogP contribution in [0.3, 0.4) is 0 Å². The van der Waals surface area contributed by atoms with Crippen molar-refractivity contribution in [3.05, 3.63) is 251 Å². The Morgan fingerprint density at radius 1 is 0.391 bits per heavy atom. The van der Waals surface area contributed by atoms with E-state index in [-0.39, 0.29) is 0 Å². The maximum Gasteiger partial charge on any atom is 0.273 e. The van der Waals surface area contributed by atoms with E-state index in [0.29, 0.717) is 23.4 Å². The van der Waals surface area contributed by atoms with Gasteiger partial charge in [-0.1, -0.05) is 77.5 Å². The van der Waals surface area contributed by atoms with Gasteiger partial charge < -0.3 is 13.3 Å². The lowest BCUT2D eigenvalue weighted by atomic mass is 10.0. The number of hydrogen-bond acceptors (Lipinski definition) is 19. The molecule has 19 heteroatoms. The first-order valence-corrected chi connectivity index (χ1v) is 29.1. The lowest BCUT2D eigenvalue weighted by Gasteiger charge is -2.09. The number of nitrogens with zero attached hydrogens (tertiary/aromatic N) is 14. The van der Waals surface area contributed by atoms with Crippen LogP contribution in [0.2, 0.25) is 0 Å². The molecule has 0 fully saturated rings. The third kappa shape index (κ3) is 35.1. The highest BCUT2D eigenvalue weighted by Crippen LogP contribution is 2.27. The van der Waals surface area contributed by atoms with Gasteiger partial charge in [-0.3, -0.25) is 9.97 Å². The predicted molar refractivity (Wildman–Crippen MR) is 362 cm³/mol. The third-order valence-electron chi connectivity index (χ3n) is 9.60. The second-order valence-corrected chi connectivity index (χ2v) is 17.9. The molecule has 0 bridgehead atoms. The number of furan rings is 1. The van der Waals surface area contributed by atoms with Gasteiger partial charge in [-0.05, 0) is 171 Å². The minimum atomic E-state index is 0.479. The number of oxazole rings is 2. The molecule has 1 aliphatic carbocycles. The van der Waals surface area contributed by atoms with Crippen molar-refractivity contribution in [1.29, 1.82) is 0 Å². The Morgan fingerprint density at radius 2 is 1.03 bits per heavy atom. The van der Waals surface area contributed by atoms with Crippen molar-refractivity contribution < 1.29 is 13.3 Å². The van der Waals surface area contributed by atoms with Crippen molar-refractivity contribution in [3.8, 4) is 107 Å². The van der Waals surface area contributed by atoms with E-state index in [1.807, 2.05) is 104 Å². The van der Waals surface area contributed by atoms with Crippen LogP contribution in [-0.4, -0.2) is 69.8 Å². The summed E-state index contributed by atoms with van der Waals surface area (Å²) in [5, 5.41) is 4.84. The molecular formula is C73H62N14O3S2. The topological polar surface area (TPSA) is 220 Å². The molecule has 1 aliphatic rings. The van der Waals surface area contributed by atoms with Gasteiger partial charge in [-0.2, -0.15) is 0 Å². The number of thiazole rings is 1. The first-order chi connectivity index (χ1) is 45.3. The molecule has 1 aromatic carbocycles. The highest BCUT2D eigenvalue weighted by atomic mass is 32.1. The number of aromatic nitrogens is 14. The van der Waals surface area contributed by atoms with Gasteiger partial charge in [-0.15, -0.1) is 40.4 Å². The molecule has 10 heterocycles. The minimum absolute atomic E-state index is 0.479. The van der Waals surface area contributed by atoms with E-state index in [4.69, 9.17) is 13.3 Å². The number of pyridine rings is 1. The summed E-state index contributed by atoms with van der Waals surface area (Å²) in [4.78, 5) is 55.6. The van der Waals surface area contributed by atoms with Gasteiger partial charge in [0.05, 0.1) is 29.2 Å². The van der Waals surface area contributed by atoms with Crippen LogP contribution in [0.25, 0.3) is 11.6 Å². The van der Waals surface area contributed by atoms with Crippen LogP contribution in [-0.2, 0) is 6.42 Å². The first-order valence-electron chi connectivity index (χ1n) is 27.4. The second-order valence-electron chi connectivity index (χ2n) is 16.0. The Morgan fingerprint density at radius 3 is 1.59 bits per heavy atom. The highest BCUT2D eigenvalue weighted by molar-refractivity contribution is 7.10. The third-order valence-corrected chi connectivity index (χ3v) is 11.1. The fourth-order valence-electron chi connectivity index (χ4n) is 6.01. The van der Waals surface area contributed by atoms with Crippen molar-refractivity contribution in [2.45, 2.75) is 75.2 Å². The van der Waals surface area contributed by atoms with E-state index in [1.165, 1.54) is 38.0 Å². The molecule has 0 atom stereocenters. The molecule has 0 saturated carbocycles. The Balaban J connectivity index is 0.000000269. The van der Waals surface area contributed by atoms with Crippen LogP contribution < -0.4 is 0 Å². The van der Waals surface area contributed by atoms with Crippen LogP contribution in [0.1, 0.15) is 136 Å². The largest absolute Gasteiger partial charge is 0.456 e. The summed E-state index contributed by atoms with van der Waals surface area (Å²) < 4.78 is 14.9. The van der Waals surface area contributed by atoms with E-state index in [0.717, 1.165) is 62.3 Å². The fraction of sp³-hybridized carbons (Fsp3) is 0.151. The molecular weight excluding hydrogens is 1190 g/mol. The number of allylic oxidation sites excluding steroid dienone is 1. The molecule has 10 aromatic heterocycles. The number of thiophene rings is 1. The summed E-state index contributed by atoms with van der Waals surface area (Å²) in [6.45, 7) is 16.1. The summed E-state index contributed by atoms with van der Waals surface area (Å²) in [6.07, 6.45) is 29.2. The average molecular weight is 1250 g/mol. The zero-order valence-corrected chi connectivity index (χ0v) is 53.7. The van der Waals surface area contributed by atoms with Gasteiger partial charge in [0.2, 0.25) is 11.6 Å². The summed E-state index contributed by atoms with van der Waals surface area (Å²) in [5.41, 5.74) is 4.90. The molecule has 12 rings (SSSR count). The summed E-state index contributed by atoms with van der Waals surface area (Å²) in [6, 6.07) is 23.2. The number of aryl methyl sites for hydroxylation is 1. The molecule has 0 amide bonds. The van der Waals surface area contributed by atoms with E-state index >= 15 is 0 Å². The maximum absolute atomic E-state index is 5.25. The van der Waals surface area contributed by atoms with Gasteiger partial charge in [0, 0.05) is 65.5 Å². The lowest BCUT2D eigenvalue weighted by Crippen LogP contribution is -2.01. The van der Waals surface area contributed by atoms with E-state index in [9.17, 15) is 0 Å². The molecule has 0 unspecified atom stereocenters. The van der Waals surface area contributed by atoms with Crippen molar-refractivity contribution in [2.75, 3.05) is 0 Å². The first kappa shape index (κ1) is 73.6. The number of hydrogen-bond donors (Lipinski definition) is 0. The van der Waals surface area contributed by atoms with Crippen LogP contribution in [0.5, 0.6) is 0 Å². The molecule has 454 valence electrons. The van der Waals surface area contributed by atoms with Gasteiger partial charge >= 0.3 is 0 Å².